The molecule has 0 fully saturated rings. The first kappa shape index (κ1) is 12.2. The Kier molecular flexibility index (Phi) is 3.02. The number of carbonyl (C=O) groups excluding carboxylic acids is 1. The number of methoxy groups -OCH3 is 1. The summed E-state index contributed by atoms with van der Waals surface area (Å²) in [6, 6.07) is 0. The van der Waals surface area contributed by atoms with Crippen molar-refractivity contribution >= 4 is 11.9 Å². The number of ether oxygens (including phenoxy) is 1. The Balaban J connectivity index is 3.38. The van der Waals surface area contributed by atoms with Gasteiger partial charge in [-0.25, -0.2) is 4.79 Å². The summed E-state index contributed by atoms with van der Waals surface area (Å²) in [5.74, 6) is -1.61. The molecule has 1 heterocycles. The van der Waals surface area contributed by atoms with E-state index in [4.69, 9.17) is 5.11 Å². The highest BCUT2D eigenvalue weighted by molar-refractivity contribution is 5.93. The molecule has 0 saturated heterocycles. The molecule has 1 N–H and O–H groups in total. The maximum absolute atomic E-state index is 11.4. The van der Waals surface area contributed by atoms with Crippen LogP contribution in [0, 0.1) is 0 Å². The van der Waals surface area contributed by atoms with Gasteiger partial charge in [0.2, 0.25) is 0 Å². The lowest BCUT2D eigenvalue weighted by atomic mass is 9.87. The lowest BCUT2D eigenvalue weighted by molar-refractivity contribution is -0.142. The Bertz CT molecular complexity index is 434. The molecule has 0 aliphatic rings. The van der Waals surface area contributed by atoms with Crippen LogP contribution in [-0.2, 0) is 22.0 Å². The molecule has 1 rings (SSSR count). The summed E-state index contributed by atoms with van der Waals surface area (Å²) in [6.07, 6.45) is 1.31. The predicted molar refractivity (Wildman–Crippen MR) is 55.2 cm³/mol. The monoisotopic (exact) mass is 226 g/mol. The van der Waals surface area contributed by atoms with Crippen LogP contribution >= 0.6 is 0 Å². The topological polar surface area (TPSA) is 81.4 Å². The smallest absolute Gasteiger partial charge is 0.341 e. The number of hydrogen-bond donors (Lipinski definition) is 1. The molecule has 0 aliphatic carbocycles. The number of esters is 1. The summed E-state index contributed by atoms with van der Waals surface area (Å²) >= 11 is 0. The van der Waals surface area contributed by atoms with Gasteiger partial charge >= 0.3 is 11.9 Å². The van der Waals surface area contributed by atoms with E-state index in [2.05, 4.69) is 9.84 Å². The van der Waals surface area contributed by atoms with Gasteiger partial charge in [0, 0.05) is 7.05 Å². The second-order valence-corrected chi connectivity index (χ2v) is 3.95. The molecular formula is C10H14N2O4. The average Bonchev–Trinajstić information content (AvgIpc) is 2.59. The highest BCUT2D eigenvalue weighted by atomic mass is 16.5. The van der Waals surface area contributed by atoms with Crippen molar-refractivity contribution in [1.82, 2.24) is 9.78 Å². The van der Waals surface area contributed by atoms with Crippen molar-refractivity contribution in [2.75, 3.05) is 7.11 Å². The maximum Gasteiger partial charge on any atom is 0.341 e. The molecule has 88 valence electrons. The van der Waals surface area contributed by atoms with Crippen LogP contribution in [0.25, 0.3) is 0 Å². The van der Waals surface area contributed by atoms with Crippen LogP contribution in [0.5, 0.6) is 0 Å². The third-order valence-electron chi connectivity index (χ3n) is 2.47. The molecule has 6 nitrogen and oxygen atoms in total. The van der Waals surface area contributed by atoms with Crippen molar-refractivity contribution in [1.29, 1.82) is 0 Å². The highest BCUT2D eigenvalue weighted by Gasteiger charge is 2.37. The van der Waals surface area contributed by atoms with Gasteiger partial charge in [0.05, 0.1) is 19.0 Å². The molecule has 0 amide bonds. The van der Waals surface area contributed by atoms with Crippen LogP contribution in [0.4, 0.5) is 0 Å². The fourth-order valence-electron chi connectivity index (χ4n) is 1.54. The molecule has 0 aliphatic heterocycles. The molecule has 0 aromatic carbocycles. The van der Waals surface area contributed by atoms with Gasteiger partial charge in [0.15, 0.2) is 0 Å². The van der Waals surface area contributed by atoms with E-state index < -0.39 is 17.4 Å². The zero-order valence-electron chi connectivity index (χ0n) is 9.64. The second-order valence-electron chi connectivity index (χ2n) is 3.95. The Labute approximate surface area is 92.8 Å². The number of aliphatic carboxylic acids is 1. The van der Waals surface area contributed by atoms with Crippen LogP contribution in [0.3, 0.4) is 0 Å². The lowest BCUT2D eigenvalue weighted by Crippen LogP contribution is -2.33. The van der Waals surface area contributed by atoms with Crippen LogP contribution in [0.2, 0.25) is 0 Å². The number of hydrogen-bond acceptors (Lipinski definition) is 4. The first-order valence-electron chi connectivity index (χ1n) is 4.66. The summed E-state index contributed by atoms with van der Waals surface area (Å²) in [4.78, 5) is 22.6. The van der Waals surface area contributed by atoms with Crippen LogP contribution in [-0.4, -0.2) is 33.9 Å². The minimum atomic E-state index is -1.20. The second kappa shape index (κ2) is 3.96. The number of carbonyl (C=O) groups is 2. The summed E-state index contributed by atoms with van der Waals surface area (Å²) in [7, 11) is 2.83. The van der Waals surface area contributed by atoms with Crippen molar-refractivity contribution in [2.24, 2.45) is 7.05 Å². The molecular weight excluding hydrogens is 212 g/mol. The quantitative estimate of drug-likeness (QED) is 0.762. The van der Waals surface area contributed by atoms with Gasteiger partial charge < -0.3 is 9.84 Å². The van der Waals surface area contributed by atoms with Gasteiger partial charge in [-0.15, -0.1) is 0 Å². The summed E-state index contributed by atoms with van der Waals surface area (Å²) < 4.78 is 5.96. The van der Waals surface area contributed by atoms with Gasteiger partial charge in [-0.2, -0.15) is 5.10 Å². The van der Waals surface area contributed by atoms with E-state index in [9.17, 15) is 9.59 Å². The van der Waals surface area contributed by atoms with Crippen molar-refractivity contribution in [3.63, 3.8) is 0 Å². The number of carboxylic acid groups (broad SMARTS) is 1. The molecule has 1 aromatic rings. The van der Waals surface area contributed by atoms with E-state index >= 15 is 0 Å². The van der Waals surface area contributed by atoms with Crippen LogP contribution in [0.1, 0.15) is 29.9 Å². The zero-order valence-corrected chi connectivity index (χ0v) is 9.64. The summed E-state index contributed by atoms with van der Waals surface area (Å²) in [5, 5.41) is 13.0. The van der Waals surface area contributed by atoms with Crippen molar-refractivity contribution in [2.45, 2.75) is 19.3 Å². The fraction of sp³-hybridized carbons (Fsp3) is 0.500. The average molecular weight is 226 g/mol. The van der Waals surface area contributed by atoms with E-state index in [1.165, 1.54) is 31.8 Å². The molecule has 6 heteroatoms. The molecule has 0 radical (unpaired) electrons. The minimum absolute atomic E-state index is 0.178. The standard InChI is InChI=1S/C10H14N2O4/c1-10(2,9(14)15)7-6(8(13)16-4)5-11-12(7)3/h5H,1-4H3,(H,14,15). The zero-order chi connectivity index (χ0) is 12.5. The molecule has 0 saturated carbocycles. The molecule has 0 bridgehead atoms. The Morgan fingerprint density at radius 3 is 2.50 bits per heavy atom. The maximum atomic E-state index is 11.4. The van der Waals surface area contributed by atoms with Gasteiger partial charge in [0.25, 0.3) is 0 Å². The SMILES string of the molecule is COC(=O)c1cnn(C)c1C(C)(C)C(=O)O. The number of carboxylic acids is 1. The number of aryl methyl sites for hydroxylation is 1. The molecule has 0 unspecified atom stereocenters. The van der Waals surface area contributed by atoms with E-state index in [0.717, 1.165) is 0 Å². The molecule has 1 aromatic heterocycles. The van der Waals surface area contributed by atoms with Gasteiger partial charge in [0.1, 0.15) is 11.0 Å². The van der Waals surface area contributed by atoms with Crippen molar-refractivity contribution in [3.05, 3.63) is 17.5 Å². The number of aromatic nitrogens is 2. The van der Waals surface area contributed by atoms with Gasteiger partial charge in [-0.3, -0.25) is 9.48 Å². The van der Waals surface area contributed by atoms with E-state index in [-0.39, 0.29) is 5.56 Å². The molecule has 0 spiro atoms. The highest BCUT2D eigenvalue weighted by Crippen LogP contribution is 2.26. The number of rotatable bonds is 3. The predicted octanol–water partition coefficient (Wildman–Crippen LogP) is 0.569. The fourth-order valence-corrected chi connectivity index (χ4v) is 1.54. The number of nitrogens with zero attached hydrogens (tertiary/aromatic N) is 2. The van der Waals surface area contributed by atoms with Crippen LogP contribution < -0.4 is 0 Å². The van der Waals surface area contributed by atoms with E-state index in [0.29, 0.717) is 5.69 Å². The first-order chi connectivity index (χ1) is 7.32. The van der Waals surface area contributed by atoms with Gasteiger partial charge in [-0.05, 0) is 13.8 Å². The van der Waals surface area contributed by atoms with Crippen molar-refractivity contribution in [3.8, 4) is 0 Å². The van der Waals surface area contributed by atoms with E-state index in [1.807, 2.05) is 0 Å². The Hall–Kier alpha value is -1.85. The summed E-state index contributed by atoms with van der Waals surface area (Å²) in [5.41, 5.74) is -0.696. The largest absolute Gasteiger partial charge is 0.481 e. The van der Waals surface area contributed by atoms with Crippen LogP contribution in [0.15, 0.2) is 6.20 Å². The molecule has 0 atom stereocenters. The Morgan fingerprint density at radius 2 is 2.06 bits per heavy atom. The first-order valence-corrected chi connectivity index (χ1v) is 4.66. The van der Waals surface area contributed by atoms with E-state index in [1.54, 1.807) is 7.05 Å². The third kappa shape index (κ3) is 1.78. The summed E-state index contributed by atoms with van der Waals surface area (Å²) in [6.45, 7) is 3.03. The van der Waals surface area contributed by atoms with Gasteiger partial charge in [-0.1, -0.05) is 0 Å². The lowest BCUT2D eigenvalue weighted by Gasteiger charge is -2.20. The Morgan fingerprint density at radius 1 is 1.50 bits per heavy atom. The molecule has 16 heavy (non-hydrogen) atoms. The minimum Gasteiger partial charge on any atom is -0.481 e. The normalized spacial score (nSPS) is 11.2. The third-order valence-corrected chi connectivity index (χ3v) is 2.47. The van der Waals surface area contributed by atoms with Crippen molar-refractivity contribution < 1.29 is 19.4 Å².